The number of pyridine rings is 1. The third-order valence-electron chi connectivity index (χ3n) is 3.15. The van der Waals surface area contributed by atoms with Gasteiger partial charge in [-0.1, -0.05) is 6.07 Å². The van der Waals surface area contributed by atoms with Crippen molar-refractivity contribution in [2.75, 3.05) is 19.0 Å². The maximum atomic E-state index is 13.6. The van der Waals surface area contributed by atoms with Crippen molar-refractivity contribution in [2.24, 2.45) is 0 Å². The Morgan fingerprint density at radius 2 is 1.82 bits per heavy atom. The van der Waals surface area contributed by atoms with Crippen LogP contribution in [0.2, 0.25) is 0 Å². The zero-order valence-electron chi connectivity index (χ0n) is 12.0. The second-order valence-electron chi connectivity index (χ2n) is 4.62. The SMILES string of the molecule is CNS(=O)(=O)c1ccc(N(C)Cc2c(F)cccc2F)nc1. The molecule has 1 heterocycles. The summed E-state index contributed by atoms with van der Waals surface area (Å²) in [6.45, 7) is -0.0242. The van der Waals surface area contributed by atoms with Crippen LogP contribution in [0.1, 0.15) is 5.56 Å². The number of halogens is 2. The summed E-state index contributed by atoms with van der Waals surface area (Å²) in [5.41, 5.74) is -0.0706. The van der Waals surface area contributed by atoms with Crippen LogP contribution in [0.5, 0.6) is 0 Å². The molecule has 0 radical (unpaired) electrons. The van der Waals surface area contributed by atoms with E-state index >= 15 is 0 Å². The Morgan fingerprint density at radius 1 is 1.18 bits per heavy atom. The van der Waals surface area contributed by atoms with E-state index < -0.39 is 21.7 Å². The minimum absolute atomic E-state index is 0.0178. The van der Waals surface area contributed by atoms with Crippen molar-refractivity contribution in [1.82, 2.24) is 9.71 Å². The highest BCUT2D eigenvalue weighted by Crippen LogP contribution is 2.18. The van der Waals surface area contributed by atoms with Crippen molar-refractivity contribution in [3.8, 4) is 0 Å². The molecule has 2 rings (SSSR count). The Hall–Kier alpha value is -2.06. The maximum absolute atomic E-state index is 13.6. The van der Waals surface area contributed by atoms with E-state index in [0.29, 0.717) is 5.82 Å². The van der Waals surface area contributed by atoms with Crippen molar-refractivity contribution in [2.45, 2.75) is 11.4 Å². The molecule has 0 amide bonds. The summed E-state index contributed by atoms with van der Waals surface area (Å²) in [6, 6.07) is 6.51. The lowest BCUT2D eigenvalue weighted by atomic mass is 10.2. The first-order valence-electron chi connectivity index (χ1n) is 6.39. The number of hydrogen-bond donors (Lipinski definition) is 1. The van der Waals surface area contributed by atoms with E-state index in [1.807, 2.05) is 0 Å². The third kappa shape index (κ3) is 3.40. The maximum Gasteiger partial charge on any atom is 0.241 e. The largest absolute Gasteiger partial charge is 0.355 e. The van der Waals surface area contributed by atoms with Gasteiger partial charge in [0.15, 0.2) is 0 Å². The molecule has 0 saturated carbocycles. The van der Waals surface area contributed by atoms with Gasteiger partial charge >= 0.3 is 0 Å². The van der Waals surface area contributed by atoms with Crippen molar-refractivity contribution < 1.29 is 17.2 Å². The molecular weight excluding hydrogens is 312 g/mol. The molecule has 0 atom stereocenters. The number of benzene rings is 1. The molecule has 0 fully saturated rings. The molecule has 1 aromatic heterocycles. The molecule has 22 heavy (non-hydrogen) atoms. The fraction of sp³-hybridized carbons (Fsp3) is 0.214. The van der Waals surface area contributed by atoms with Crippen LogP contribution in [-0.2, 0) is 16.6 Å². The number of rotatable bonds is 5. The molecule has 0 unspecified atom stereocenters. The normalized spacial score (nSPS) is 11.5. The van der Waals surface area contributed by atoms with Crippen LogP contribution in [0.15, 0.2) is 41.4 Å². The average molecular weight is 327 g/mol. The second kappa shape index (κ2) is 6.37. The summed E-state index contributed by atoms with van der Waals surface area (Å²) in [6.07, 6.45) is 1.19. The molecule has 118 valence electrons. The molecule has 0 saturated heterocycles. The zero-order valence-corrected chi connectivity index (χ0v) is 12.9. The van der Waals surface area contributed by atoms with Crippen LogP contribution in [0, 0.1) is 11.6 Å². The summed E-state index contributed by atoms with van der Waals surface area (Å²) < 4.78 is 52.6. The Morgan fingerprint density at radius 3 is 2.32 bits per heavy atom. The van der Waals surface area contributed by atoms with Crippen molar-refractivity contribution in [3.05, 3.63) is 53.7 Å². The second-order valence-corrected chi connectivity index (χ2v) is 6.50. The van der Waals surface area contributed by atoms with E-state index in [0.717, 1.165) is 0 Å². The predicted molar refractivity (Wildman–Crippen MR) is 78.9 cm³/mol. The number of aromatic nitrogens is 1. The molecule has 8 heteroatoms. The van der Waals surface area contributed by atoms with Crippen LogP contribution in [0.3, 0.4) is 0 Å². The number of nitrogens with one attached hydrogen (secondary N) is 1. The van der Waals surface area contributed by atoms with E-state index in [4.69, 9.17) is 0 Å². The van der Waals surface area contributed by atoms with Gasteiger partial charge in [-0.3, -0.25) is 0 Å². The highest BCUT2D eigenvalue weighted by molar-refractivity contribution is 7.89. The summed E-state index contributed by atoms with van der Waals surface area (Å²) in [5, 5.41) is 0. The van der Waals surface area contributed by atoms with Crippen LogP contribution in [0.25, 0.3) is 0 Å². The Labute approximate surface area is 127 Å². The van der Waals surface area contributed by atoms with Crippen LogP contribution in [0.4, 0.5) is 14.6 Å². The Bertz CT molecular complexity index is 744. The molecule has 0 aliphatic rings. The van der Waals surface area contributed by atoms with Crippen molar-refractivity contribution in [3.63, 3.8) is 0 Å². The average Bonchev–Trinajstić information content (AvgIpc) is 2.51. The molecule has 2 aromatic rings. The monoisotopic (exact) mass is 327 g/mol. The minimum atomic E-state index is -3.56. The number of hydrogen-bond acceptors (Lipinski definition) is 4. The predicted octanol–water partition coefficient (Wildman–Crippen LogP) is 1.90. The van der Waals surface area contributed by atoms with E-state index in [1.165, 1.54) is 48.5 Å². The molecule has 0 aliphatic carbocycles. The van der Waals surface area contributed by atoms with Crippen LogP contribution >= 0.6 is 0 Å². The first-order valence-corrected chi connectivity index (χ1v) is 7.87. The number of sulfonamides is 1. The quantitative estimate of drug-likeness (QED) is 0.911. The Kier molecular flexibility index (Phi) is 4.72. The molecule has 1 aromatic carbocycles. The topological polar surface area (TPSA) is 62.3 Å². The van der Waals surface area contributed by atoms with Crippen molar-refractivity contribution in [1.29, 1.82) is 0 Å². The van der Waals surface area contributed by atoms with E-state index in [2.05, 4.69) is 9.71 Å². The molecular formula is C14H15F2N3O2S. The van der Waals surface area contributed by atoms with Gasteiger partial charge in [0.1, 0.15) is 22.3 Å². The van der Waals surface area contributed by atoms with Gasteiger partial charge in [0.25, 0.3) is 0 Å². The van der Waals surface area contributed by atoms with Gasteiger partial charge in [-0.15, -0.1) is 0 Å². The van der Waals surface area contributed by atoms with E-state index in [1.54, 1.807) is 7.05 Å². The standard InChI is InChI=1S/C14H15F2N3O2S/c1-17-22(20,21)10-6-7-14(18-8-10)19(2)9-11-12(15)4-3-5-13(11)16/h3-8,17H,9H2,1-2H3. The highest BCUT2D eigenvalue weighted by atomic mass is 32.2. The van der Waals surface area contributed by atoms with Crippen LogP contribution in [-0.4, -0.2) is 27.5 Å². The molecule has 0 aliphatic heterocycles. The Balaban J connectivity index is 2.22. The van der Waals surface area contributed by atoms with E-state index in [9.17, 15) is 17.2 Å². The first-order chi connectivity index (χ1) is 10.3. The zero-order chi connectivity index (χ0) is 16.3. The highest BCUT2D eigenvalue weighted by Gasteiger charge is 2.14. The van der Waals surface area contributed by atoms with Gasteiger partial charge < -0.3 is 4.90 Å². The first kappa shape index (κ1) is 16.3. The fourth-order valence-corrected chi connectivity index (χ4v) is 2.55. The lowest BCUT2D eigenvalue weighted by Crippen LogP contribution is -2.21. The smallest absolute Gasteiger partial charge is 0.241 e. The minimum Gasteiger partial charge on any atom is -0.355 e. The third-order valence-corrected chi connectivity index (χ3v) is 4.55. The summed E-state index contributed by atoms with van der Waals surface area (Å²) >= 11 is 0. The summed E-state index contributed by atoms with van der Waals surface area (Å²) in [5.74, 6) is -0.875. The molecule has 1 N–H and O–H groups in total. The van der Waals surface area contributed by atoms with Gasteiger partial charge in [0.2, 0.25) is 10.0 Å². The van der Waals surface area contributed by atoms with Gasteiger partial charge in [-0.25, -0.2) is 26.9 Å². The fourth-order valence-electron chi connectivity index (χ4n) is 1.88. The van der Waals surface area contributed by atoms with Gasteiger partial charge in [0, 0.05) is 25.4 Å². The lowest BCUT2D eigenvalue weighted by molar-refractivity contribution is 0.553. The van der Waals surface area contributed by atoms with Crippen molar-refractivity contribution >= 4 is 15.8 Å². The number of anilines is 1. The lowest BCUT2D eigenvalue weighted by Gasteiger charge is -2.19. The molecule has 0 spiro atoms. The number of nitrogens with zero attached hydrogens (tertiary/aromatic N) is 2. The molecule has 5 nitrogen and oxygen atoms in total. The molecule has 0 bridgehead atoms. The van der Waals surface area contributed by atoms with Crippen LogP contribution < -0.4 is 9.62 Å². The summed E-state index contributed by atoms with van der Waals surface area (Å²) in [7, 11) is -0.651. The van der Waals surface area contributed by atoms with Gasteiger partial charge in [-0.05, 0) is 31.3 Å². The van der Waals surface area contributed by atoms with E-state index in [-0.39, 0.29) is 17.0 Å². The summed E-state index contributed by atoms with van der Waals surface area (Å²) in [4.78, 5) is 5.55. The van der Waals surface area contributed by atoms with Gasteiger partial charge in [-0.2, -0.15) is 0 Å². The van der Waals surface area contributed by atoms with Gasteiger partial charge in [0.05, 0.1) is 0 Å².